The van der Waals surface area contributed by atoms with Gasteiger partial charge in [0.05, 0.1) is 11.0 Å². The predicted molar refractivity (Wildman–Crippen MR) is 94.3 cm³/mol. The summed E-state index contributed by atoms with van der Waals surface area (Å²) in [5.74, 6) is 0.392. The number of carbonyl (C=O) groups excluding carboxylic acids is 1. The van der Waals surface area contributed by atoms with E-state index in [-0.39, 0.29) is 18.3 Å². The molecule has 0 bridgehead atoms. The number of fused-ring (bicyclic) bond motifs is 1. The number of H-pyrrole nitrogens is 1. The first-order chi connectivity index (χ1) is 11.3. The quantitative estimate of drug-likeness (QED) is 0.676. The Labute approximate surface area is 145 Å². The van der Waals surface area contributed by atoms with E-state index < -0.39 is 5.54 Å². The molecule has 0 aliphatic carbocycles. The van der Waals surface area contributed by atoms with Gasteiger partial charge in [-0.15, -0.1) is 12.4 Å². The van der Waals surface area contributed by atoms with Gasteiger partial charge in [-0.25, -0.2) is 4.98 Å². The predicted octanol–water partition coefficient (Wildman–Crippen LogP) is 1.90. The first kappa shape index (κ1) is 16.5. The number of halogens is 1. The van der Waals surface area contributed by atoms with Gasteiger partial charge in [0.1, 0.15) is 5.54 Å². The minimum Gasteiger partial charge on any atom is -0.324 e. The molecule has 1 fully saturated rings. The highest BCUT2D eigenvalue weighted by Gasteiger charge is 2.42. The van der Waals surface area contributed by atoms with Crippen LogP contribution >= 0.6 is 12.4 Å². The second-order valence-electron chi connectivity index (χ2n) is 5.79. The van der Waals surface area contributed by atoms with Gasteiger partial charge in [0.25, 0.3) is 5.91 Å². The van der Waals surface area contributed by atoms with Gasteiger partial charge in [-0.1, -0.05) is 12.1 Å². The van der Waals surface area contributed by atoms with Crippen LogP contribution in [0, 0.1) is 0 Å². The molecule has 0 saturated carbocycles. The third-order valence-corrected chi connectivity index (χ3v) is 4.42. The number of anilines is 1. The second kappa shape index (κ2) is 6.62. The molecule has 1 aromatic carbocycles. The smallest absolute Gasteiger partial charge is 0.254 e. The zero-order chi connectivity index (χ0) is 15.7. The maximum Gasteiger partial charge on any atom is 0.254 e. The van der Waals surface area contributed by atoms with Crippen molar-refractivity contribution in [2.75, 3.05) is 18.4 Å². The van der Waals surface area contributed by atoms with E-state index in [2.05, 4.69) is 25.7 Å². The molecule has 1 aliphatic rings. The van der Waals surface area contributed by atoms with Crippen LogP contribution in [0.4, 0.5) is 5.95 Å². The van der Waals surface area contributed by atoms with Crippen molar-refractivity contribution in [3.05, 3.63) is 42.7 Å². The number of amides is 1. The number of aromatic amines is 1. The Kier molecular flexibility index (Phi) is 4.55. The van der Waals surface area contributed by atoms with Gasteiger partial charge in [-0.05, 0) is 44.1 Å². The van der Waals surface area contributed by atoms with E-state index in [9.17, 15) is 4.79 Å². The van der Waals surface area contributed by atoms with Crippen LogP contribution in [0.1, 0.15) is 12.8 Å². The minimum atomic E-state index is -0.673. The molecule has 3 aromatic rings. The van der Waals surface area contributed by atoms with E-state index in [1.165, 1.54) is 0 Å². The summed E-state index contributed by atoms with van der Waals surface area (Å²) < 4.78 is 1.77. The molecule has 0 spiro atoms. The first-order valence-corrected chi connectivity index (χ1v) is 7.75. The molecule has 8 heteroatoms. The van der Waals surface area contributed by atoms with E-state index >= 15 is 0 Å². The molecular formula is C16H19ClN6O. The number of carbonyl (C=O) groups is 1. The molecule has 1 saturated heterocycles. The Hall–Kier alpha value is -2.38. The molecule has 3 heterocycles. The highest BCUT2D eigenvalue weighted by molar-refractivity contribution is 5.96. The number of piperidine rings is 1. The Balaban J connectivity index is 0.00000169. The third kappa shape index (κ3) is 2.76. The van der Waals surface area contributed by atoms with E-state index in [0.717, 1.165) is 24.1 Å². The minimum absolute atomic E-state index is 0. The van der Waals surface area contributed by atoms with Crippen molar-refractivity contribution in [2.24, 2.45) is 0 Å². The standard InChI is InChI=1S/C16H18N6O.ClH/c23-14(21-15-19-12-4-1-2-5-13(12)20-15)16(6-9-17-10-7-16)22-11-3-8-18-22;/h1-5,8,11,17H,6-7,9-10H2,(H2,19,20,21,23);1H. The van der Waals surface area contributed by atoms with Crippen molar-refractivity contribution in [1.82, 2.24) is 25.1 Å². The molecule has 4 rings (SSSR count). The monoisotopic (exact) mass is 346 g/mol. The molecular weight excluding hydrogens is 328 g/mol. The van der Waals surface area contributed by atoms with Gasteiger partial charge in [-0.2, -0.15) is 5.10 Å². The van der Waals surface area contributed by atoms with Crippen LogP contribution in [-0.2, 0) is 10.3 Å². The summed E-state index contributed by atoms with van der Waals surface area (Å²) in [6.45, 7) is 1.57. The van der Waals surface area contributed by atoms with E-state index in [1.54, 1.807) is 10.9 Å². The number of imidazole rings is 1. The Morgan fingerprint density at radius 1 is 1.21 bits per heavy atom. The number of benzene rings is 1. The van der Waals surface area contributed by atoms with Crippen molar-refractivity contribution in [3.8, 4) is 0 Å². The Bertz CT molecular complexity index is 789. The zero-order valence-electron chi connectivity index (χ0n) is 13.0. The third-order valence-electron chi connectivity index (χ3n) is 4.42. The molecule has 2 aromatic heterocycles. The lowest BCUT2D eigenvalue weighted by atomic mass is 9.87. The number of hydrogen-bond donors (Lipinski definition) is 3. The molecule has 1 amide bonds. The lowest BCUT2D eigenvalue weighted by Crippen LogP contribution is -2.52. The average molecular weight is 347 g/mol. The normalized spacial score (nSPS) is 16.5. The second-order valence-corrected chi connectivity index (χ2v) is 5.79. The highest BCUT2D eigenvalue weighted by Crippen LogP contribution is 2.28. The van der Waals surface area contributed by atoms with Crippen LogP contribution in [0.15, 0.2) is 42.7 Å². The number of hydrogen-bond acceptors (Lipinski definition) is 4. The van der Waals surface area contributed by atoms with Gasteiger partial charge < -0.3 is 10.3 Å². The fourth-order valence-electron chi connectivity index (χ4n) is 3.16. The average Bonchev–Trinajstić information content (AvgIpc) is 3.24. The van der Waals surface area contributed by atoms with Gasteiger partial charge in [-0.3, -0.25) is 14.8 Å². The maximum atomic E-state index is 13.0. The lowest BCUT2D eigenvalue weighted by Gasteiger charge is -2.36. The molecule has 0 unspecified atom stereocenters. The molecule has 3 N–H and O–H groups in total. The molecule has 0 radical (unpaired) electrons. The van der Waals surface area contributed by atoms with Crippen LogP contribution in [0.5, 0.6) is 0 Å². The number of nitrogens with one attached hydrogen (secondary N) is 3. The number of para-hydroxylation sites is 2. The van der Waals surface area contributed by atoms with Gasteiger partial charge in [0, 0.05) is 12.4 Å². The van der Waals surface area contributed by atoms with E-state index in [1.807, 2.05) is 36.5 Å². The van der Waals surface area contributed by atoms with Crippen molar-refractivity contribution in [1.29, 1.82) is 0 Å². The Morgan fingerprint density at radius 2 is 2.00 bits per heavy atom. The SMILES string of the molecule is Cl.O=C(Nc1nc2ccccc2[nH]1)C1(n2cccn2)CCNCC1. The highest BCUT2D eigenvalue weighted by atomic mass is 35.5. The van der Waals surface area contributed by atoms with E-state index in [4.69, 9.17) is 0 Å². The van der Waals surface area contributed by atoms with Gasteiger partial charge in [0.15, 0.2) is 0 Å². The van der Waals surface area contributed by atoms with Crippen LogP contribution in [-0.4, -0.2) is 38.7 Å². The maximum absolute atomic E-state index is 13.0. The van der Waals surface area contributed by atoms with Crippen molar-refractivity contribution in [2.45, 2.75) is 18.4 Å². The summed E-state index contributed by atoms with van der Waals surface area (Å²) in [5, 5.41) is 10.5. The number of rotatable bonds is 3. The van der Waals surface area contributed by atoms with E-state index in [0.29, 0.717) is 18.8 Å². The van der Waals surface area contributed by atoms with Gasteiger partial charge >= 0.3 is 0 Å². The topological polar surface area (TPSA) is 87.6 Å². The zero-order valence-corrected chi connectivity index (χ0v) is 13.8. The molecule has 126 valence electrons. The summed E-state index contributed by atoms with van der Waals surface area (Å²) in [6.07, 6.45) is 4.95. The number of nitrogens with zero attached hydrogens (tertiary/aromatic N) is 3. The van der Waals surface area contributed by atoms with Crippen LogP contribution in [0.25, 0.3) is 11.0 Å². The van der Waals surface area contributed by atoms with Crippen molar-refractivity contribution in [3.63, 3.8) is 0 Å². The summed E-state index contributed by atoms with van der Waals surface area (Å²) in [4.78, 5) is 20.6. The van der Waals surface area contributed by atoms with Crippen LogP contribution in [0.2, 0.25) is 0 Å². The fourth-order valence-corrected chi connectivity index (χ4v) is 3.16. The lowest BCUT2D eigenvalue weighted by molar-refractivity contribution is -0.126. The van der Waals surface area contributed by atoms with Crippen molar-refractivity contribution >= 4 is 35.3 Å². The molecule has 0 atom stereocenters. The molecule has 24 heavy (non-hydrogen) atoms. The molecule has 1 aliphatic heterocycles. The largest absolute Gasteiger partial charge is 0.324 e. The fraction of sp³-hybridized carbons (Fsp3) is 0.312. The van der Waals surface area contributed by atoms with Crippen LogP contribution < -0.4 is 10.6 Å². The summed E-state index contributed by atoms with van der Waals surface area (Å²) in [5.41, 5.74) is 1.07. The summed E-state index contributed by atoms with van der Waals surface area (Å²) in [6, 6.07) is 9.55. The van der Waals surface area contributed by atoms with Crippen molar-refractivity contribution < 1.29 is 4.79 Å². The summed E-state index contributed by atoms with van der Waals surface area (Å²) >= 11 is 0. The summed E-state index contributed by atoms with van der Waals surface area (Å²) in [7, 11) is 0. The first-order valence-electron chi connectivity index (χ1n) is 7.75. The van der Waals surface area contributed by atoms with Crippen LogP contribution in [0.3, 0.4) is 0 Å². The number of aromatic nitrogens is 4. The molecule has 7 nitrogen and oxygen atoms in total. The van der Waals surface area contributed by atoms with Gasteiger partial charge in [0.2, 0.25) is 5.95 Å². The Morgan fingerprint density at radius 3 is 2.71 bits per heavy atom.